The largest absolute Gasteiger partial charge is 0.462 e. The molecule has 292 valence electrons. The molecule has 0 radical (unpaired) electrons. The predicted molar refractivity (Wildman–Crippen MR) is 204 cm³/mol. The first-order valence-electron chi connectivity index (χ1n) is 20.7. The number of hydrogen-bond acceptors (Lipinski definition) is 6. The maximum atomic E-state index is 12.8. The quantitative estimate of drug-likeness (QED) is 0.0493. The first-order valence-corrected chi connectivity index (χ1v) is 22.3. The summed E-state index contributed by atoms with van der Waals surface area (Å²) in [5.41, 5.74) is -0.000707. The van der Waals surface area contributed by atoms with Gasteiger partial charge in [0.05, 0.1) is 11.9 Å². The molecule has 4 aliphatic rings. The van der Waals surface area contributed by atoms with E-state index in [1.807, 2.05) is 0 Å². The summed E-state index contributed by atoms with van der Waals surface area (Å²) < 4.78 is 36.9. The van der Waals surface area contributed by atoms with Crippen LogP contribution in [0.3, 0.4) is 0 Å². The van der Waals surface area contributed by atoms with E-state index < -0.39 is 15.9 Å². The Morgan fingerprint density at radius 1 is 0.902 bits per heavy atom. The molecule has 1 amide bonds. The van der Waals surface area contributed by atoms with Crippen LogP contribution in [0, 0.1) is 46.3 Å². The highest BCUT2D eigenvalue weighted by atomic mass is 32.2. The summed E-state index contributed by atoms with van der Waals surface area (Å²) in [7, 11) is -4.10. The highest BCUT2D eigenvalue weighted by Gasteiger charge is 2.63. The third kappa shape index (κ3) is 11.4. The SMILES string of the molecule is CCC/C=C\C/C=C\CCCCCCCC(=O)OC1CCC2(C)C(CCC3C2CC(O)C2(C)C(C(C)CCC(=O)NCCS(=O)(=O)O)CCC32)C1. The van der Waals surface area contributed by atoms with Crippen LogP contribution in [0.15, 0.2) is 24.3 Å². The van der Waals surface area contributed by atoms with Gasteiger partial charge in [-0.2, -0.15) is 8.42 Å². The number of esters is 1. The minimum Gasteiger partial charge on any atom is -0.462 e. The van der Waals surface area contributed by atoms with Crippen LogP contribution in [0.5, 0.6) is 0 Å². The van der Waals surface area contributed by atoms with Gasteiger partial charge in [-0.25, -0.2) is 0 Å². The molecule has 4 rings (SSSR count). The summed E-state index contributed by atoms with van der Waals surface area (Å²) in [6.07, 6.45) is 28.7. The van der Waals surface area contributed by atoms with Crippen molar-refractivity contribution in [3.8, 4) is 0 Å². The Morgan fingerprint density at radius 2 is 1.63 bits per heavy atom. The maximum Gasteiger partial charge on any atom is 0.306 e. The summed E-state index contributed by atoms with van der Waals surface area (Å²) in [5.74, 6) is 2.00. The van der Waals surface area contributed by atoms with Crippen molar-refractivity contribution in [2.24, 2.45) is 46.3 Å². The molecule has 0 heterocycles. The Labute approximate surface area is 310 Å². The molecule has 0 bridgehead atoms. The average Bonchev–Trinajstić information content (AvgIpc) is 3.44. The molecule has 0 aromatic rings. The van der Waals surface area contributed by atoms with E-state index in [1.54, 1.807) is 0 Å². The molecule has 0 aromatic heterocycles. The van der Waals surface area contributed by atoms with Crippen LogP contribution < -0.4 is 5.32 Å². The Morgan fingerprint density at radius 3 is 2.37 bits per heavy atom. The van der Waals surface area contributed by atoms with E-state index in [9.17, 15) is 23.1 Å². The number of allylic oxidation sites excluding steroid dienone is 4. The number of unbranched alkanes of at least 4 members (excludes halogenated alkanes) is 6. The van der Waals surface area contributed by atoms with Crippen LogP contribution in [-0.2, 0) is 24.4 Å². The fourth-order valence-electron chi connectivity index (χ4n) is 11.2. The molecule has 0 saturated heterocycles. The van der Waals surface area contributed by atoms with Gasteiger partial charge in [-0.15, -0.1) is 0 Å². The third-order valence-electron chi connectivity index (χ3n) is 14.1. The van der Waals surface area contributed by atoms with E-state index in [1.165, 1.54) is 44.9 Å². The van der Waals surface area contributed by atoms with Crippen molar-refractivity contribution in [2.75, 3.05) is 12.3 Å². The van der Waals surface area contributed by atoms with Crippen molar-refractivity contribution < 1.29 is 32.4 Å². The van der Waals surface area contributed by atoms with Gasteiger partial charge in [-0.3, -0.25) is 14.1 Å². The van der Waals surface area contributed by atoms with Gasteiger partial charge in [0.15, 0.2) is 0 Å². The van der Waals surface area contributed by atoms with E-state index >= 15 is 0 Å². The fraction of sp³-hybridized carbons (Fsp3) is 0.857. The molecule has 4 aliphatic carbocycles. The van der Waals surface area contributed by atoms with Gasteiger partial charge in [0.2, 0.25) is 5.91 Å². The normalized spacial score (nSPS) is 34.2. The number of aliphatic hydroxyl groups is 1. The minimum absolute atomic E-state index is 0.0245. The summed E-state index contributed by atoms with van der Waals surface area (Å²) >= 11 is 0. The molecule has 0 spiro atoms. The number of aliphatic hydroxyl groups excluding tert-OH is 1. The minimum atomic E-state index is -4.10. The van der Waals surface area contributed by atoms with Crippen LogP contribution in [0.4, 0.5) is 0 Å². The average molecular weight is 734 g/mol. The number of amides is 1. The highest BCUT2D eigenvalue weighted by Crippen LogP contribution is 2.68. The van der Waals surface area contributed by atoms with E-state index in [2.05, 4.69) is 57.3 Å². The lowest BCUT2D eigenvalue weighted by molar-refractivity contribution is -0.181. The molecular weight excluding hydrogens is 663 g/mol. The molecule has 0 aromatic carbocycles. The summed E-state index contributed by atoms with van der Waals surface area (Å²) in [6, 6.07) is 0. The van der Waals surface area contributed by atoms with Crippen molar-refractivity contribution in [1.82, 2.24) is 5.32 Å². The first kappa shape index (κ1) is 42.0. The van der Waals surface area contributed by atoms with Gasteiger partial charge in [0.1, 0.15) is 6.10 Å². The van der Waals surface area contributed by atoms with Gasteiger partial charge >= 0.3 is 5.97 Å². The lowest BCUT2D eigenvalue weighted by Gasteiger charge is -2.62. The number of ether oxygens (including phenoxy) is 1. The molecule has 10 atom stereocenters. The summed E-state index contributed by atoms with van der Waals surface area (Å²) in [6.45, 7) is 9.11. The van der Waals surface area contributed by atoms with Gasteiger partial charge in [-0.1, -0.05) is 77.7 Å². The number of fused-ring (bicyclic) bond motifs is 5. The second-order valence-corrected chi connectivity index (χ2v) is 18.8. The molecular formula is C42H71NO7S. The Balaban J connectivity index is 1.18. The lowest BCUT2D eigenvalue weighted by Crippen LogP contribution is -2.59. The predicted octanol–water partition coefficient (Wildman–Crippen LogP) is 8.98. The Kier molecular flexibility index (Phi) is 16.1. The van der Waals surface area contributed by atoms with Gasteiger partial charge in [0.25, 0.3) is 10.1 Å². The van der Waals surface area contributed by atoms with Crippen molar-refractivity contribution in [2.45, 2.75) is 168 Å². The van der Waals surface area contributed by atoms with Crippen molar-refractivity contribution in [3.63, 3.8) is 0 Å². The van der Waals surface area contributed by atoms with E-state index in [0.29, 0.717) is 48.9 Å². The molecule has 8 nitrogen and oxygen atoms in total. The zero-order valence-electron chi connectivity index (χ0n) is 32.3. The molecule has 51 heavy (non-hydrogen) atoms. The fourth-order valence-corrected chi connectivity index (χ4v) is 11.6. The van der Waals surface area contributed by atoms with Gasteiger partial charge in [0, 0.05) is 19.4 Å². The number of rotatable bonds is 20. The lowest BCUT2D eigenvalue weighted by atomic mass is 9.43. The molecule has 0 aliphatic heterocycles. The topological polar surface area (TPSA) is 130 Å². The van der Waals surface area contributed by atoms with Crippen LogP contribution in [-0.4, -0.2) is 54.5 Å². The van der Waals surface area contributed by atoms with E-state index in [-0.39, 0.29) is 47.4 Å². The zero-order chi connectivity index (χ0) is 37.1. The second-order valence-electron chi connectivity index (χ2n) is 17.3. The highest BCUT2D eigenvalue weighted by molar-refractivity contribution is 7.85. The van der Waals surface area contributed by atoms with E-state index in [4.69, 9.17) is 9.29 Å². The third-order valence-corrected chi connectivity index (χ3v) is 14.8. The molecule has 4 fully saturated rings. The van der Waals surface area contributed by atoms with Gasteiger partial charge < -0.3 is 15.2 Å². The summed E-state index contributed by atoms with van der Waals surface area (Å²) in [4.78, 5) is 25.2. The second kappa shape index (κ2) is 19.6. The van der Waals surface area contributed by atoms with E-state index in [0.717, 1.165) is 64.2 Å². The molecule has 9 heteroatoms. The summed E-state index contributed by atoms with van der Waals surface area (Å²) in [5, 5.41) is 14.5. The Hall–Kier alpha value is -1.71. The molecule has 3 N–H and O–H groups in total. The number of carbonyl (C=O) groups excluding carboxylic acids is 2. The zero-order valence-corrected chi connectivity index (χ0v) is 33.1. The molecule has 10 unspecified atom stereocenters. The van der Waals surface area contributed by atoms with Crippen molar-refractivity contribution in [1.29, 1.82) is 0 Å². The van der Waals surface area contributed by atoms with Crippen LogP contribution in [0.1, 0.15) is 156 Å². The number of carbonyl (C=O) groups is 2. The van der Waals surface area contributed by atoms with Crippen LogP contribution in [0.25, 0.3) is 0 Å². The first-order chi connectivity index (χ1) is 24.3. The van der Waals surface area contributed by atoms with Crippen molar-refractivity contribution in [3.05, 3.63) is 24.3 Å². The number of nitrogens with one attached hydrogen (secondary N) is 1. The smallest absolute Gasteiger partial charge is 0.306 e. The molecule has 4 saturated carbocycles. The van der Waals surface area contributed by atoms with Crippen LogP contribution >= 0.6 is 0 Å². The van der Waals surface area contributed by atoms with Crippen LogP contribution in [0.2, 0.25) is 0 Å². The standard InChI is InChI=1S/C42H71NO7S/c1-5-6-7-8-9-10-11-12-13-14-15-16-17-18-40(46)50-33-25-26-41(3)32(29-33)20-21-34-36-23-22-35(42(36,4)38(44)30-37(34)41)31(2)19-24-39(45)43-27-28-51(47,48)49/h7-8,10-11,31-38,44H,5-6,9,12-30H2,1-4H3,(H,43,45)(H,47,48,49)/b8-7-,11-10-. The maximum absolute atomic E-state index is 12.8. The Bertz CT molecular complexity index is 1280. The van der Waals surface area contributed by atoms with Crippen molar-refractivity contribution >= 4 is 22.0 Å². The number of hydrogen-bond donors (Lipinski definition) is 3. The monoisotopic (exact) mass is 733 g/mol. The van der Waals surface area contributed by atoms with Gasteiger partial charge in [-0.05, 0) is 136 Å².